The van der Waals surface area contributed by atoms with Gasteiger partial charge in [-0.3, -0.25) is 4.79 Å². The summed E-state index contributed by atoms with van der Waals surface area (Å²) in [6.07, 6.45) is 3.06. The molecular weight excluding hydrogens is 442 g/mol. The van der Waals surface area contributed by atoms with Crippen LogP contribution in [-0.2, 0) is 27.5 Å². The Morgan fingerprint density at radius 2 is 1.77 bits per heavy atom. The second-order valence-electron chi connectivity index (χ2n) is 7.88. The molecule has 0 aromatic heterocycles. The van der Waals surface area contributed by atoms with E-state index >= 15 is 0 Å². The third-order valence-corrected chi connectivity index (χ3v) is 5.71. The molecule has 0 heterocycles. The van der Waals surface area contributed by atoms with E-state index in [9.17, 15) is 18.0 Å². The number of benzene rings is 1. The average Bonchev–Trinajstić information content (AvgIpc) is 3.21. The number of allylic oxidation sites excluding steroid dienone is 1. The van der Waals surface area contributed by atoms with Crippen molar-refractivity contribution in [3.8, 4) is 0 Å². The predicted octanol–water partition coefficient (Wildman–Crippen LogP) is 6.10. The molecule has 0 bridgehead atoms. The molecule has 1 N–H and O–H groups in total. The quantitative estimate of drug-likeness (QED) is 0.256. The van der Waals surface area contributed by atoms with Crippen LogP contribution in [0.4, 0.5) is 18.9 Å². The van der Waals surface area contributed by atoms with Gasteiger partial charge in [0.15, 0.2) is 17.5 Å². The van der Waals surface area contributed by atoms with Crippen molar-refractivity contribution < 1.29 is 27.4 Å². The van der Waals surface area contributed by atoms with Gasteiger partial charge < -0.3 is 14.8 Å². The van der Waals surface area contributed by atoms with E-state index in [1.54, 1.807) is 6.08 Å². The van der Waals surface area contributed by atoms with Crippen molar-refractivity contribution in [3.05, 3.63) is 39.1 Å². The summed E-state index contributed by atoms with van der Waals surface area (Å²) in [6.45, 7) is 4.93. The van der Waals surface area contributed by atoms with Gasteiger partial charge in [-0.1, -0.05) is 50.4 Å². The van der Waals surface area contributed by atoms with Crippen molar-refractivity contribution >= 4 is 34.9 Å². The Morgan fingerprint density at radius 1 is 1.13 bits per heavy atom. The van der Waals surface area contributed by atoms with Crippen LogP contribution < -0.4 is 5.32 Å². The molecule has 0 amide bonds. The molecule has 0 unspecified atom stereocenters. The maximum Gasteiger partial charge on any atom is 0.310 e. The summed E-state index contributed by atoms with van der Waals surface area (Å²) in [7, 11) is 1.26. The molecule has 0 spiro atoms. The minimum atomic E-state index is -1.36. The zero-order valence-electron chi connectivity index (χ0n) is 17.4. The lowest BCUT2D eigenvalue weighted by Crippen LogP contribution is -2.16. The fourth-order valence-electron chi connectivity index (χ4n) is 3.54. The van der Waals surface area contributed by atoms with E-state index in [2.05, 4.69) is 5.32 Å². The first-order valence-corrected chi connectivity index (χ1v) is 10.4. The average molecular weight is 468 g/mol. The van der Waals surface area contributed by atoms with Crippen molar-refractivity contribution in [2.75, 3.05) is 19.0 Å². The van der Waals surface area contributed by atoms with E-state index in [-0.39, 0.29) is 21.7 Å². The summed E-state index contributed by atoms with van der Waals surface area (Å²) in [4.78, 5) is 12.5. The Labute approximate surface area is 184 Å². The molecule has 1 aliphatic rings. The molecule has 1 saturated carbocycles. The van der Waals surface area contributed by atoms with Crippen molar-refractivity contribution in [2.24, 2.45) is 17.3 Å². The number of anilines is 1. The lowest BCUT2D eigenvalue weighted by Gasteiger charge is -2.18. The van der Waals surface area contributed by atoms with Gasteiger partial charge in [0.25, 0.3) is 0 Å². The van der Waals surface area contributed by atoms with E-state index in [4.69, 9.17) is 32.7 Å². The molecule has 4 nitrogen and oxygen atoms in total. The highest BCUT2D eigenvalue weighted by atomic mass is 35.5. The highest BCUT2D eigenvalue weighted by molar-refractivity contribution is 6.55. The Kier molecular flexibility index (Phi) is 8.48. The number of hydrogen-bond donors (Lipinski definition) is 1. The van der Waals surface area contributed by atoms with Crippen LogP contribution >= 0.6 is 23.2 Å². The lowest BCUT2D eigenvalue weighted by atomic mass is 10.1. The topological polar surface area (TPSA) is 47.6 Å². The van der Waals surface area contributed by atoms with E-state index < -0.39 is 53.5 Å². The molecule has 1 aromatic rings. The first-order chi connectivity index (χ1) is 14.1. The van der Waals surface area contributed by atoms with Gasteiger partial charge in [-0.25, -0.2) is 13.2 Å². The number of hydrogen-bond acceptors (Lipinski definition) is 4. The number of halogens is 5. The largest absolute Gasteiger partial charge is 0.460 e. The molecule has 0 aliphatic heterocycles. The number of carbonyl (C=O) groups excluding carboxylic acids is 1. The highest BCUT2D eigenvalue weighted by Crippen LogP contribution is 2.60. The van der Waals surface area contributed by atoms with Crippen LogP contribution in [0.15, 0.2) is 10.6 Å². The van der Waals surface area contributed by atoms with E-state index in [1.165, 1.54) is 7.11 Å². The van der Waals surface area contributed by atoms with Gasteiger partial charge in [0, 0.05) is 13.7 Å². The van der Waals surface area contributed by atoms with E-state index in [0.717, 1.165) is 6.42 Å². The molecule has 2 atom stereocenters. The summed E-state index contributed by atoms with van der Waals surface area (Å²) < 4.78 is 54.1. The number of nitrogens with one attached hydrogen (secondary N) is 1. The SMILES string of the molecule is CCCCNc1c(F)c(COC)c(F)c(F)c1COC(=O)[C@@H]1[C@@H](C=C(Cl)Cl)C1(C)C. The number of methoxy groups -OCH3 is 1. The second-order valence-corrected chi connectivity index (χ2v) is 8.88. The Balaban J connectivity index is 2.27. The number of carbonyl (C=O) groups is 1. The molecule has 0 saturated heterocycles. The van der Waals surface area contributed by atoms with Crippen LogP contribution in [0.3, 0.4) is 0 Å². The predicted molar refractivity (Wildman–Crippen MR) is 111 cm³/mol. The van der Waals surface area contributed by atoms with Crippen molar-refractivity contribution in [2.45, 2.75) is 46.8 Å². The first-order valence-electron chi connectivity index (χ1n) is 9.68. The summed E-state index contributed by atoms with van der Waals surface area (Å²) >= 11 is 11.4. The first kappa shape index (κ1) is 24.8. The van der Waals surface area contributed by atoms with Gasteiger partial charge in [0.1, 0.15) is 11.1 Å². The van der Waals surface area contributed by atoms with Gasteiger partial charge in [-0.15, -0.1) is 0 Å². The number of rotatable bonds is 10. The van der Waals surface area contributed by atoms with Crippen LogP contribution in [0, 0.1) is 34.7 Å². The van der Waals surface area contributed by atoms with Crippen LogP contribution in [0.5, 0.6) is 0 Å². The molecule has 168 valence electrons. The van der Waals surface area contributed by atoms with Crippen LogP contribution in [0.2, 0.25) is 0 Å². The molecule has 0 radical (unpaired) electrons. The van der Waals surface area contributed by atoms with Crippen molar-refractivity contribution in [3.63, 3.8) is 0 Å². The van der Waals surface area contributed by atoms with Gasteiger partial charge in [0.05, 0.1) is 29.3 Å². The fraction of sp³-hybridized carbons (Fsp3) is 0.571. The Morgan fingerprint density at radius 3 is 2.33 bits per heavy atom. The van der Waals surface area contributed by atoms with Gasteiger partial charge >= 0.3 is 5.97 Å². The number of esters is 1. The number of ether oxygens (including phenoxy) is 2. The zero-order valence-corrected chi connectivity index (χ0v) is 18.9. The summed E-state index contributed by atoms with van der Waals surface area (Å²) in [6, 6.07) is 0. The molecular formula is C21H26Cl2F3NO3. The normalized spacial score (nSPS) is 19.4. The smallest absolute Gasteiger partial charge is 0.310 e. The van der Waals surface area contributed by atoms with E-state index in [1.807, 2.05) is 20.8 Å². The summed E-state index contributed by atoms with van der Waals surface area (Å²) in [5, 5.41) is 2.80. The Bertz CT molecular complexity index is 826. The van der Waals surface area contributed by atoms with Gasteiger partial charge in [-0.05, 0) is 23.8 Å². The highest BCUT2D eigenvalue weighted by Gasteiger charge is 2.61. The van der Waals surface area contributed by atoms with Crippen LogP contribution in [0.25, 0.3) is 0 Å². The molecule has 1 aliphatic carbocycles. The van der Waals surface area contributed by atoms with Gasteiger partial charge in [-0.2, -0.15) is 0 Å². The fourth-order valence-corrected chi connectivity index (χ4v) is 3.81. The second kappa shape index (κ2) is 10.2. The van der Waals surface area contributed by atoms with Crippen LogP contribution in [-0.4, -0.2) is 19.6 Å². The molecule has 2 rings (SSSR count). The monoisotopic (exact) mass is 467 g/mol. The zero-order chi connectivity index (χ0) is 22.6. The molecule has 1 aromatic carbocycles. The van der Waals surface area contributed by atoms with Gasteiger partial charge in [0.2, 0.25) is 0 Å². The molecule has 30 heavy (non-hydrogen) atoms. The maximum atomic E-state index is 14.9. The minimum Gasteiger partial charge on any atom is -0.460 e. The van der Waals surface area contributed by atoms with E-state index in [0.29, 0.717) is 13.0 Å². The third-order valence-electron chi connectivity index (χ3n) is 5.46. The van der Waals surface area contributed by atoms with Crippen LogP contribution in [0.1, 0.15) is 44.7 Å². The molecule has 9 heteroatoms. The van der Waals surface area contributed by atoms with Crippen molar-refractivity contribution in [1.82, 2.24) is 0 Å². The maximum absolute atomic E-state index is 14.9. The summed E-state index contributed by atoms with van der Waals surface area (Å²) in [5.41, 5.74) is -1.56. The molecule has 1 fully saturated rings. The summed E-state index contributed by atoms with van der Waals surface area (Å²) in [5.74, 6) is -4.98. The van der Waals surface area contributed by atoms with Crippen molar-refractivity contribution in [1.29, 1.82) is 0 Å². The minimum absolute atomic E-state index is 0.0368. The Hall–Kier alpha value is -1.44. The lowest BCUT2D eigenvalue weighted by molar-refractivity contribution is -0.147. The third kappa shape index (κ3) is 5.24. The number of unbranched alkanes of at least 4 members (excludes halogenated alkanes) is 1. The standard InChI is InChI=1S/C21H26Cl2F3NO3/c1-5-6-7-27-19-12(17(25)16(24)11(9-29-4)18(19)26)10-30-20(28)15-13(8-14(22)23)21(15,2)3/h8,13,15,27H,5-7,9-10H2,1-4H3/t13-,15+/m1/s1.